The van der Waals surface area contributed by atoms with Crippen molar-refractivity contribution in [1.82, 2.24) is 15.0 Å². The fraction of sp³-hybridized carbons (Fsp3) is 0.619. The van der Waals surface area contributed by atoms with Gasteiger partial charge in [-0.05, 0) is 31.0 Å². The van der Waals surface area contributed by atoms with Crippen LogP contribution >= 0.6 is 0 Å². The van der Waals surface area contributed by atoms with Gasteiger partial charge in [-0.1, -0.05) is 32.1 Å². The Bertz CT molecular complexity index is 828. The van der Waals surface area contributed by atoms with Crippen molar-refractivity contribution >= 4 is 5.69 Å². The lowest BCUT2D eigenvalue weighted by molar-refractivity contribution is -0.227. The second-order valence-corrected chi connectivity index (χ2v) is 9.09. The van der Waals surface area contributed by atoms with E-state index in [0.717, 1.165) is 23.4 Å². The predicted molar refractivity (Wildman–Crippen MR) is 107 cm³/mol. The van der Waals surface area contributed by atoms with Gasteiger partial charge in [0.15, 0.2) is 6.29 Å². The highest BCUT2D eigenvalue weighted by Crippen LogP contribution is 2.32. The Hall–Kier alpha value is -1.96. The summed E-state index contributed by atoms with van der Waals surface area (Å²) in [5, 5.41) is 18.6. The molecule has 0 spiro atoms. The van der Waals surface area contributed by atoms with Crippen LogP contribution in [0.2, 0.25) is 0 Å². The summed E-state index contributed by atoms with van der Waals surface area (Å²) in [6, 6.07) is 6.39. The summed E-state index contributed by atoms with van der Waals surface area (Å²) >= 11 is 0. The van der Waals surface area contributed by atoms with Crippen molar-refractivity contribution in [3.8, 4) is 11.3 Å². The number of aliphatic hydroxyl groups is 1. The molecule has 0 atom stereocenters. The molecule has 2 saturated heterocycles. The van der Waals surface area contributed by atoms with Crippen LogP contribution in [-0.4, -0.2) is 58.3 Å². The third kappa shape index (κ3) is 4.06. The molecule has 28 heavy (non-hydrogen) atoms. The Kier molecular flexibility index (Phi) is 4.93. The molecule has 0 unspecified atom stereocenters. The Morgan fingerprint density at radius 3 is 2.54 bits per heavy atom. The number of hydrogen-bond acceptors (Lipinski definition) is 6. The minimum absolute atomic E-state index is 0.0612. The van der Waals surface area contributed by atoms with Gasteiger partial charge in [0.25, 0.3) is 0 Å². The van der Waals surface area contributed by atoms with Crippen LogP contribution in [0, 0.1) is 5.41 Å². The van der Waals surface area contributed by atoms with E-state index in [1.165, 1.54) is 5.56 Å². The van der Waals surface area contributed by atoms with E-state index in [0.29, 0.717) is 32.8 Å². The van der Waals surface area contributed by atoms with Gasteiger partial charge in [0.05, 0.1) is 31.6 Å². The smallest absolute Gasteiger partial charge is 0.177 e. The molecule has 7 heteroatoms. The fourth-order valence-electron chi connectivity index (χ4n) is 3.77. The van der Waals surface area contributed by atoms with E-state index >= 15 is 0 Å². The highest BCUT2D eigenvalue weighted by atomic mass is 16.7. The molecule has 0 aliphatic carbocycles. The van der Waals surface area contributed by atoms with Crippen molar-refractivity contribution in [3.05, 3.63) is 30.0 Å². The van der Waals surface area contributed by atoms with Crippen LogP contribution in [0.3, 0.4) is 0 Å². The van der Waals surface area contributed by atoms with Gasteiger partial charge < -0.3 is 19.5 Å². The van der Waals surface area contributed by atoms with E-state index in [4.69, 9.17) is 9.47 Å². The number of β-amino-alcohol motifs (C(OH)–C–C–N with tert-alkyl or cyclic N) is 1. The molecule has 2 fully saturated rings. The molecule has 1 N–H and O–H groups in total. The quantitative estimate of drug-likeness (QED) is 0.851. The minimum Gasteiger partial charge on any atom is -0.386 e. The van der Waals surface area contributed by atoms with Crippen LogP contribution < -0.4 is 4.90 Å². The molecule has 0 saturated carbocycles. The lowest BCUT2D eigenvalue weighted by Gasteiger charge is -2.46. The van der Waals surface area contributed by atoms with E-state index in [1.807, 2.05) is 13.1 Å². The van der Waals surface area contributed by atoms with E-state index in [9.17, 15) is 5.11 Å². The van der Waals surface area contributed by atoms with Gasteiger partial charge in [0, 0.05) is 29.8 Å². The average Bonchev–Trinajstić information content (AvgIpc) is 3.09. The van der Waals surface area contributed by atoms with Crippen molar-refractivity contribution in [1.29, 1.82) is 0 Å². The summed E-state index contributed by atoms with van der Waals surface area (Å²) in [7, 11) is 0. The van der Waals surface area contributed by atoms with Crippen molar-refractivity contribution in [2.75, 3.05) is 31.2 Å². The number of ether oxygens (including phenoxy) is 2. The third-order valence-corrected chi connectivity index (χ3v) is 5.37. The highest BCUT2D eigenvalue weighted by molar-refractivity contribution is 5.68. The Morgan fingerprint density at radius 1 is 1.18 bits per heavy atom. The molecule has 7 nitrogen and oxygen atoms in total. The number of hydrogen-bond donors (Lipinski definition) is 1. The van der Waals surface area contributed by atoms with Crippen molar-refractivity contribution in [2.45, 2.75) is 52.6 Å². The van der Waals surface area contributed by atoms with Crippen LogP contribution in [-0.2, 0) is 22.4 Å². The third-order valence-electron chi connectivity index (χ3n) is 5.37. The van der Waals surface area contributed by atoms with Gasteiger partial charge in [-0.15, -0.1) is 5.10 Å². The molecule has 2 aromatic rings. The predicted octanol–water partition coefficient (Wildman–Crippen LogP) is 2.48. The van der Waals surface area contributed by atoms with Crippen LogP contribution in [0.5, 0.6) is 0 Å². The summed E-state index contributed by atoms with van der Waals surface area (Å²) in [4.78, 5) is 2.19. The van der Waals surface area contributed by atoms with Gasteiger partial charge in [0.1, 0.15) is 5.69 Å². The van der Waals surface area contributed by atoms with Crippen molar-refractivity contribution < 1.29 is 14.6 Å². The highest BCUT2D eigenvalue weighted by Gasteiger charge is 2.36. The van der Waals surface area contributed by atoms with Crippen LogP contribution in [0.1, 0.15) is 33.3 Å². The molecule has 3 heterocycles. The Morgan fingerprint density at radius 2 is 1.89 bits per heavy atom. The van der Waals surface area contributed by atoms with E-state index in [-0.39, 0.29) is 11.7 Å². The molecule has 0 amide bonds. The maximum absolute atomic E-state index is 9.99. The first-order chi connectivity index (χ1) is 13.2. The summed E-state index contributed by atoms with van der Waals surface area (Å²) in [6.07, 6.45) is 2.58. The fourth-order valence-corrected chi connectivity index (χ4v) is 3.77. The zero-order valence-corrected chi connectivity index (χ0v) is 17.2. The Balaban J connectivity index is 1.46. The van der Waals surface area contributed by atoms with Crippen molar-refractivity contribution in [3.63, 3.8) is 0 Å². The summed E-state index contributed by atoms with van der Waals surface area (Å²) in [5.74, 6) is 0. The number of benzene rings is 1. The molecule has 0 bridgehead atoms. The number of aryl methyl sites for hydroxylation is 1. The second-order valence-electron chi connectivity index (χ2n) is 9.09. The number of nitrogens with zero attached hydrogens (tertiary/aromatic N) is 4. The molecular weight excluding hydrogens is 356 g/mol. The van der Waals surface area contributed by atoms with Crippen molar-refractivity contribution in [2.24, 2.45) is 5.41 Å². The average molecular weight is 386 g/mol. The van der Waals surface area contributed by atoms with Crippen LogP contribution in [0.15, 0.2) is 24.4 Å². The minimum atomic E-state index is -0.577. The largest absolute Gasteiger partial charge is 0.386 e. The summed E-state index contributed by atoms with van der Waals surface area (Å²) in [6.45, 7) is 11.5. The number of aromatic nitrogens is 3. The zero-order chi connectivity index (χ0) is 19.9. The standard InChI is InChI=1S/C21H30N4O3/c1-5-15-8-16(24-11-21(4,26)12-24)6-7-17(15)18-9-25(23-22-18)10-19-27-13-20(2,3)14-28-19/h6-9,19,26H,5,10-14H2,1-4H3. The summed E-state index contributed by atoms with van der Waals surface area (Å²) in [5.41, 5.74) is 3.80. The first-order valence-corrected chi connectivity index (χ1v) is 9.99. The van der Waals surface area contributed by atoms with Gasteiger partial charge in [-0.3, -0.25) is 0 Å². The van der Waals surface area contributed by atoms with Gasteiger partial charge in [-0.25, -0.2) is 4.68 Å². The molecular formula is C21H30N4O3. The van der Waals surface area contributed by atoms with E-state index in [2.05, 4.69) is 54.2 Å². The first-order valence-electron chi connectivity index (χ1n) is 9.99. The van der Waals surface area contributed by atoms with Crippen LogP contribution in [0.4, 0.5) is 5.69 Å². The topological polar surface area (TPSA) is 72.6 Å². The summed E-state index contributed by atoms with van der Waals surface area (Å²) < 4.78 is 13.4. The molecule has 0 radical (unpaired) electrons. The zero-order valence-electron chi connectivity index (χ0n) is 17.2. The molecule has 1 aromatic heterocycles. The van der Waals surface area contributed by atoms with Gasteiger partial charge >= 0.3 is 0 Å². The first kappa shape index (κ1) is 19.4. The van der Waals surface area contributed by atoms with Crippen LogP contribution in [0.25, 0.3) is 11.3 Å². The van der Waals surface area contributed by atoms with E-state index in [1.54, 1.807) is 4.68 Å². The lowest BCUT2D eigenvalue weighted by atomic mass is 9.94. The number of rotatable bonds is 5. The molecule has 4 rings (SSSR count). The Labute approximate surface area is 166 Å². The molecule has 2 aliphatic heterocycles. The second kappa shape index (κ2) is 7.13. The SMILES string of the molecule is CCc1cc(N2CC(C)(O)C2)ccc1-c1cn(CC2OCC(C)(C)CO2)nn1. The van der Waals surface area contributed by atoms with E-state index < -0.39 is 5.60 Å². The molecule has 2 aliphatic rings. The van der Waals surface area contributed by atoms with Gasteiger partial charge in [0.2, 0.25) is 0 Å². The maximum atomic E-state index is 9.99. The normalized spacial score (nSPS) is 21.5. The van der Waals surface area contributed by atoms with Gasteiger partial charge in [-0.2, -0.15) is 0 Å². The maximum Gasteiger partial charge on any atom is 0.177 e. The lowest BCUT2D eigenvalue weighted by Crippen LogP contribution is -2.60. The number of anilines is 1. The monoisotopic (exact) mass is 386 g/mol. The molecule has 152 valence electrons. The molecule has 1 aromatic carbocycles.